The van der Waals surface area contributed by atoms with Crippen molar-refractivity contribution in [1.29, 1.82) is 0 Å². The molecule has 2 aromatic rings. The number of nitrogens with zero attached hydrogens (tertiary/aromatic N) is 1. The quantitative estimate of drug-likeness (QED) is 0.896. The van der Waals surface area contributed by atoms with E-state index in [4.69, 9.17) is 9.47 Å². The first kappa shape index (κ1) is 17.8. The molecule has 1 N–H and O–H groups in total. The maximum Gasteiger partial charge on any atom is 0.229 e. The van der Waals surface area contributed by atoms with E-state index in [1.54, 1.807) is 30.2 Å². The highest BCUT2D eigenvalue weighted by atomic mass is 16.5. The van der Waals surface area contributed by atoms with Gasteiger partial charge in [0.1, 0.15) is 11.5 Å². The Hall–Kier alpha value is -3.02. The summed E-state index contributed by atoms with van der Waals surface area (Å²) in [5.41, 5.74) is 2.50. The van der Waals surface area contributed by atoms with Crippen LogP contribution in [0.5, 0.6) is 11.5 Å². The van der Waals surface area contributed by atoms with E-state index < -0.39 is 5.92 Å². The molecule has 1 aliphatic rings. The molecule has 0 aromatic heterocycles. The van der Waals surface area contributed by atoms with Gasteiger partial charge < -0.3 is 19.7 Å². The Labute approximate surface area is 152 Å². The van der Waals surface area contributed by atoms with Crippen LogP contribution in [0.25, 0.3) is 0 Å². The Bertz CT molecular complexity index is 817. The molecule has 1 heterocycles. The van der Waals surface area contributed by atoms with E-state index in [0.29, 0.717) is 23.7 Å². The molecule has 1 fully saturated rings. The number of methoxy groups -OCH3 is 2. The lowest BCUT2D eigenvalue weighted by Crippen LogP contribution is -2.28. The van der Waals surface area contributed by atoms with Crippen LogP contribution in [0.2, 0.25) is 0 Å². The van der Waals surface area contributed by atoms with Crippen molar-refractivity contribution in [2.24, 2.45) is 5.92 Å². The third-order valence-electron chi connectivity index (χ3n) is 4.51. The molecule has 3 rings (SSSR count). The second-order valence-corrected chi connectivity index (χ2v) is 6.30. The van der Waals surface area contributed by atoms with E-state index in [0.717, 1.165) is 11.3 Å². The van der Waals surface area contributed by atoms with Gasteiger partial charge in [0.15, 0.2) is 0 Å². The van der Waals surface area contributed by atoms with Crippen LogP contribution < -0.4 is 19.7 Å². The number of amides is 2. The molecule has 1 atom stereocenters. The molecular weight excluding hydrogens is 332 g/mol. The molecule has 1 aliphatic heterocycles. The van der Waals surface area contributed by atoms with Gasteiger partial charge in [-0.15, -0.1) is 0 Å². The third kappa shape index (κ3) is 3.64. The summed E-state index contributed by atoms with van der Waals surface area (Å²) in [6.45, 7) is 2.36. The van der Waals surface area contributed by atoms with E-state index >= 15 is 0 Å². The van der Waals surface area contributed by atoms with Gasteiger partial charge in [-0.25, -0.2) is 0 Å². The summed E-state index contributed by atoms with van der Waals surface area (Å²) in [7, 11) is 3.10. The molecule has 6 nitrogen and oxygen atoms in total. The molecule has 0 spiro atoms. The Kier molecular flexibility index (Phi) is 5.11. The van der Waals surface area contributed by atoms with Crippen molar-refractivity contribution in [2.75, 3.05) is 31.0 Å². The molecule has 136 valence electrons. The van der Waals surface area contributed by atoms with Crippen LogP contribution in [0.3, 0.4) is 0 Å². The van der Waals surface area contributed by atoms with Crippen molar-refractivity contribution in [1.82, 2.24) is 0 Å². The van der Waals surface area contributed by atoms with E-state index in [-0.39, 0.29) is 18.2 Å². The highest BCUT2D eigenvalue weighted by Gasteiger charge is 2.35. The number of anilines is 2. The van der Waals surface area contributed by atoms with Gasteiger partial charge >= 0.3 is 0 Å². The lowest BCUT2D eigenvalue weighted by Gasteiger charge is -2.17. The standard InChI is InChI=1S/C20H22N2O4/c1-13-4-6-15(7-5-13)22-12-14(10-19(22)23)20(24)21-17-9-8-16(25-2)11-18(17)26-3/h4-9,11,14H,10,12H2,1-3H3,(H,21,24)/t14-/m1/s1. The zero-order valence-electron chi connectivity index (χ0n) is 15.1. The summed E-state index contributed by atoms with van der Waals surface area (Å²) in [5.74, 6) is 0.501. The summed E-state index contributed by atoms with van der Waals surface area (Å²) in [4.78, 5) is 26.6. The van der Waals surface area contributed by atoms with Crippen molar-refractivity contribution < 1.29 is 19.1 Å². The van der Waals surface area contributed by atoms with Gasteiger partial charge in [0.2, 0.25) is 11.8 Å². The number of hydrogen-bond donors (Lipinski definition) is 1. The number of nitrogens with one attached hydrogen (secondary N) is 1. The van der Waals surface area contributed by atoms with Gasteiger partial charge in [-0.1, -0.05) is 17.7 Å². The molecule has 0 saturated carbocycles. The Balaban J connectivity index is 1.71. The van der Waals surface area contributed by atoms with Gasteiger partial charge in [0, 0.05) is 24.7 Å². The van der Waals surface area contributed by atoms with Gasteiger partial charge in [-0.2, -0.15) is 0 Å². The Morgan fingerprint density at radius 1 is 1.12 bits per heavy atom. The van der Waals surface area contributed by atoms with Gasteiger partial charge in [-0.05, 0) is 31.2 Å². The minimum atomic E-state index is -0.407. The zero-order valence-corrected chi connectivity index (χ0v) is 15.1. The second-order valence-electron chi connectivity index (χ2n) is 6.30. The average molecular weight is 354 g/mol. The molecule has 0 radical (unpaired) electrons. The van der Waals surface area contributed by atoms with Gasteiger partial charge in [-0.3, -0.25) is 9.59 Å². The van der Waals surface area contributed by atoms with Crippen LogP contribution in [0, 0.1) is 12.8 Å². The molecule has 1 saturated heterocycles. The van der Waals surface area contributed by atoms with Crippen molar-refractivity contribution in [3.05, 3.63) is 48.0 Å². The number of carbonyl (C=O) groups is 2. The number of carbonyl (C=O) groups excluding carboxylic acids is 2. The minimum absolute atomic E-state index is 0.0456. The lowest BCUT2D eigenvalue weighted by atomic mass is 10.1. The first-order valence-electron chi connectivity index (χ1n) is 8.41. The van der Waals surface area contributed by atoms with Crippen molar-refractivity contribution in [2.45, 2.75) is 13.3 Å². The predicted molar refractivity (Wildman–Crippen MR) is 99.8 cm³/mol. The molecule has 26 heavy (non-hydrogen) atoms. The Morgan fingerprint density at radius 2 is 1.85 bits per heavy atom. The largest absolute Gasteiger partial charge is 0.497 e. The van der Waals surface area contributed by atoms with Crippen LogP contribution in [0.4, 0.5) is 11.4 Å². The molecule has 2 aromatic carbocycles. The summed E-state index contributed by atoms with van der Waals surface area (Å²) >= 11 is 0. The smallest absolute Gasteiger partial charge is 0.229 e. The lowest BCUT2D eigenvalue weighted by molar-refractivity contribution is -0.122. The predicted octanol–water partition coefficient (Wildman–Crippen LogP) is 3.00. The topological polar surface area (TPSA) is 67.9 Å². The highest BCUT2D eigenvalue weighted by molar-refractivity contribution is 6.03. The van der Waals surface area contributed by atoms with Crippen LogP contribution in [0.1, 0.15) is 12.0 Å². The minimum Gasteiger partial charge on any atom is -0.497 e. The van der Waals surface area contributed by atoms with Crippen molar-refractivity contribution in [3.8, 4) is 11.5 Å². The van der Waals surface area contributed by atoms with Crippen molar-refractivity contribution in [3.63, 3.8) is 0 Å². The molecule has 0 bridgehead atoms. The Morgan fingerprint density at radius 3 is 2.50 bits per heavy atom. The molecule has 2 amide bonds. The maximum absolute atomic E-state index is 12.6. The van der Waals surface area contributed by atoms with Crippen molar-refractivity contribution >= 4 is 23.2 Å². The highest BCUT2D eigenvalue weighted by Crippen LogP contribution is 2.31. The van der Waals surface area contributed by atoms with Crippen LogP contribution >= 0.6 is 0 Å². The maximum atomic E-state index is 12.6. The van der Waals surface area contributed by atoms with Crippen LogP contribution in [-0.2, 0) is 9.59 Å². The van der Waals surface area contributed by atoms with Gasteiger partial charge in [0.25, 0.3) is 0 Å². The molecule has 6 heteroatoms. The SMILES string of the molecule is COc1ccc(NC(=O)[C@@H]2CC(=O)N(c3ccc(C)cc3)C2)c(OC)c1. The fraction of sp³-hybridized carbons (Fsp3) is 0.300. The van der Waals surface area contributed by atoms with Crippen LogP contribution in [0.15, 0.2) is 42.5 Å². The van der Waals surface area contributed by atoms with E-state index in [1.165, 1.54) is 7.11 Å². The monoisotopic (exact) mass is 354 g/mol. The first-order valence-corrected chi connectivity index (χ1v) is 8.41. The summed E-state index contributed by atoms with van der Waals surface area (Å²) in [5, 5.41) is 2.86. The normalized spacial score (nSPS) is 16.5. The fourth-order valence-electron chi connectivity index (χ4n) is 2.99. The van der Waals surface area contributed by atoms with E-state index in [2.05, 4.69) is 5.32 Å². The number of aryl methyl sites for hydroxylation is 1. The first-order chi connectivity index (χ1) is 12.5. The molecular formula is C20H22N2O4. The average Bonchev–Trinajstić information content (AvgIpc) is 3.04. The van der Waals surface area contributed by atoms with E-state index in [9.17, 15) is 9.59 Å². The summed E-state index contributed by atoms with van der Waals surface area (Å²) in [6.07, 6.45) is 0.193. The second kappa shape index (κ2) is 7.47. The van der Waals surface area contributed by atoms with Crippen LogP contribution in [-0.4, -0.2) is 32.6 Å². The fourth-order valence-corrected chi connectivity index (χ4v) is 2.99. The molecule has 0 unspecified atom stereocenters. The zero-order chi connectivity index (χ0) is 18.7. The number of hydrogen-bond acceptors (Lipinski definition) is 4. The summed E-state index contributed by atoms with van der Waals surface area (Å²) in [6, 6.07) is 12.9. The third-order valence-corrected chi connectivity index (χ3v) is 4.51. The van der Waals surface area contributed by atoms with E-state index in [1.807, 2.05) is 31.2 Å². The summed E-state index contributed by atoms with van der Waals surface area (Å²) < 4.78 is 10.5. The van der Waals surface area contributed by atoms with Gasteiger partial charge in [0.05, 0.1) is 25.8 Å². The number of rotatable bonds is 5. The number of ether oxygens (including phenoxy) is 2. The number of benzene rings is 2. The molecule has 0 aliphatic carbocycles.